The lowest BCUT2D eigenvalue weighted by molar-refractivity contribution is -0.122. The SMILES string of the molecule is CC1OCCC1(O)CNC(=O)Cc1ccccc1O. The van der Waals surface area contributed by atoms with Crippen LogP contribution in [0.2, 0.25) is 0 Å². The van der Waals surface area contributed by atoms with Crippen molar-refractivity contribution in [1.82, 2.24) is 5.32 Å². The van der Waals surface area contributed by atoms with Crippen molar-refractivity contribution in [2.24, 2.45) is 0 Å². The smallest absolute Gasteiger partial charge is 0.224 e. The van der Waals surface area contributed by atoms with Gasteiger partial charge in [-0.2, -0.15) is 0 Å². The zero-order valence-corrected chi connectivity index (χ0v) is 10.9. The molecule has 19 heavy (non-hydrogen) atoms. The first-order valence-electron chi connectivity index (χ1n) is 6.39. The summed E-state index contributed by atoms with van der Waals surface area (Å²) in [4.78, 5) is 11.8. The van der Waals surface area contributed by atoms with E-state index >= 15 is 0 Å². The number of amides is 1. The number of aromatic hydroxyl groups is 1. The largest absolute Gasteiger partial charge is 0.508 e. The molecule has 0 bridgehead atoms. The Morgan fingerprint density at radius 3 is 2.89 bits per heavy atom. The van der Waals surface area contributed by atoms with Crippen molar-refractivity contribution in [3.63, 3.8) is 0 Å². The first-order chi connectivity index (χ1) is 9.01. The first-order valence-corrected chi connectivity index (χ1v) is 6.39. The normalized spacial score (nSPS) is 26.3. The number of nitrogens with one attached hydrogen (secondary N) is 1. The van der Waals surface area contributed by atoms with Crippen LogP contribution in [-0.2, 0) is 16.0 Å². The Labute approximate surface area is 112 Å². The summed E-state index contributed by atoms with van der Waals surface area (Å²) in [6.45, 7) is 2.47. The second-order valence-corrected chi connectivity index (χ2v) is 4.95. The zero-order chi connectivity index (χ0) is 13.9. The van der Waals surface area contributed by atoms with Crippen LogP contribution in [0.1, 0.15) is 18.9 Å². The predicted octanol–water partition coefficient (Wildman–Crippen LogP) is 0.591. The summed E-state index contributed by atoms with van der Waals surface area (Å²) in [5.74, 6) is -0.122. The molecule has 2 rings (SSSR count). The Kier molecular flexibility index (Phi) is 4.07. The molecule has 0 radical (unpaired) electrons. The molecule has 2 unspecified atom stereocenters. The molecule has 104 valence electrons. The van der Waals surface area contributed by atoms with Crippen LogP contribution in [0.15, 0.2) is 24.3 Å². The van der Waals surface area contributed by atoms with Crippen LogP contribution in [0.25, 0.3) is 0 Å². The minimum atomic E-state index is -0.992. The van der Waals surface area contributed by atoms with E-state index in [1.165, 1.54) is 0 Å². The van der Waals surface area contributed by atoms with Crippen molar-refractivity contribution in [2.75, 3.05) is 13.2 Å². The topological polar surface area (TPSA) is 78.8 Å². The van der Waals surface area contributed by atoms with Gasteiger partial charge in [0.25, 0.3) is 0 Å². The van der Waals surface area contributed by atoms with Gasteiger partial charge in [-0.05, 0) is 13.0 Å². The van der Waals surface area contributed by atoms with Gasteiger partial charge in [0.15, 0.2) is 0 Å². The van der Waals surface area contributed by atoms with E-state index in [0.29, 0.717) is 18.6 Å². The van der Waals surface area contributed by atoms with Crippen molar-refractivity contribution in [2.45, 2.75) is 31.5 Å². The Morgan fingerprint density at radius 1 is 1.53 bits per heavy atom. The molecule has 1 aromatic rings. The van der Waals surface area contributed by atoms with Crippen molar-refractivity contribution in [3.05, 3.63) is 29.8 Å². The molecule has 3 N–H and O–H groups in total. The minimum absolute atomic E-state index is 0.0952. The predicted molar refractivity (Wildman–Crippen MR) is 69.8 cm³/mol. The maximum atomic E-state index is 11.8. The summed E-state index contributed by atoms with van der Waals surface area (Å²) >= 11 is 0. The quantitative estimate of drug-likeness (QED) is 0.744. The number of ether oxygens (including phenoxy) is 1. The highest BCUT2D eigenvalue weighted by Crippen LogP contribution is 2.24. The van der Waals surface area contributed by atoms with E-state index in [-0.39, 0.29) is 30.7 Å². The summed E-state index contributed by atoms with van der Waals surface area (Å²) < 4.78 is 5.30. The average molecular weight is 265 g/mol. The molecule has 5 nitrogen and oxygen atoms in total. The van der Waals surface area contributed by atoms with Crippen molar-refractivity contribution >= 4 is 5.91 Å². The Morgan fingerprint density at radius 2 is 2.26 bits per heavy atom. The van der Waals surface area contributed by atoms with Crippen LogP contribution in [0, 0.1) is 0 Å². The molecule has 1 aliphatic heterocycles. The van der Waals surface area contributed by atoms with E-state index in [9.17, 15) is 15.0 Å². The fourth-order valence-corrected chi connectivity index (χ4v) is 2.15. The fraction of sp³-hybridized carbons (Fsp3) is 0.500. The third kappa shape index (κ3) is 3.24. The molecule has 1 aliphatic rings. The number of hydrogen-bond acceptors (Lipinski definition) is 4. The van der Waals surface area contributed by atoms with Gasteiger partial charge >= 0.3 is 0 Å². The molecular weight excluding hydrogens is 246 g/mol. The van der Waals surface area contributed by atoms with Gasteiger partial charge in [-0.3, -0.25) is 4.79 Å². The molecule has 0 saturated carbocycles. The summed E-state index contributed by atoms with van der Waals surface area (Å²) in [5, 5.41) is 22.5. The number of para-hydroxylation sites is 1. The lowest BCUT2D eigenvalue weighted by Crippen LogP contribution is -2.47. The third-order valence-corrected chi connectivity index (χ3v) is 3.59. The number of carbonyl (C=O) groups is 1. The minimum Gasteiger partial charge on any atom is -0.508 e. The molecule has 1 amide bonds. The van der Waals surface area contributed by atoms with Crippen LogP contribution in [0.4, 0.5) is 0 Å². The Hall–Kier alpha value is -1.59. The fourth-order valence-electron chi connectivity index (χ4n) is 2.15. The molecular formula is C14H19NO4. The van der Waals surface area contributed by atoms with E-state index in [1.54, 1.807) is 31.2 Å². The summed E-state index contributed by atoms with van der Waals surface area (Å²) in [6.07, 6.45) is 0.334. The average Bonchev–Trinajstić information content (AvgIpc) is 2.71. The molecule has 1 aromatic carbocycles. The van der Waals surface area contributed by atoms with E-state index in [2.05, 4.69) is 5.32 Å². The second-order valence-electron chi connectivity index (χ2n) is 4.95. The van der Waals surface area contributed by atoms with E-state index in [0.717, 1.165) is 0 Å². The highest BCUT2D eigenvalue weighted by molar-refractivity contribution is 5.79. The monoisotopic (exact) mass is 265 g/mol. The number of phenolic OH excluding ortho intramolecular Hbond substituents is 1. The molecule has 0 aromatic heterocycles. The number of hydrogen-bond donors (Lipinski definition) is 3. The van der Waals surface area contributed by atoms with Gasteiger partial charge in [-0.25, -0.2) is 0 Å². The van der Waals surface area contributed by atoms with Crippen LogP contribution >= 0.6 is 0 Å². The Balaban J connectivity index is 1.87. The number of aliphatic hydroxyl groups is 1. The molecule has 1 heterocycles. The molecule has 2 atom stereocenters. The molecule has 0 spiro atoms. The van der Waals surface area contributed by atoms with Gasteiger partial charge < -0.3 is 20.3 Å². The second kappa shape index (κ2) is 5.59. The van der Waals surface area contributed by atoms with Gasteiger partial charge in [-0.1, -0.05) is 18.2 Å². The molecule has 1 saturated heterocycles. The zero-order valence-electron chi connectivity index (χ0n) is 10.9. The molecule has 0 aliphatic carbocycles. The van der Waals surface area contributed by atoms with Crippen LogP contribution in [-0.4, -0.2) is 41.0 Å². The lowest BCUT2D eigenvalue weighted by atomic mass is 9.96. The molecule has 1 fully saturated rings. The van der Waals surface area contributed by atoms with Crippen LogP contribution < -0.4 is 5.32 Å². The maximum absolute atomic E-state index is 11.8. The third-order valence-electron chi connectivity index (χ3n) is 3.59. The van der Waals surface area contributed by atoms with Gasteiger partial charge in [0.2, 0.25) is 5.91 Å². The van der Waals surface area contributed by atoms with Gasteiger partial charge in [0.1, 0.15) is 11.4 Å². The number of carbonyl (C=O) groups excluding carboxylic acids is 1. The van der Waals surface area contributed by atoms with Crippen molar-refractivity contribution in [1.29, 1.82) is 0 Å². The van der Waals surface area contributed by atoms with Crippen LogP contribution in [0.5, 0.6) is 5.75 Å². The standard InChI is InChI=1S/C14H19NO4/c1-10-14(18,6-7-19-10)9-15-13(17)8-11-4-2-3-5-12(11)16/h2-5,10,16,18H,6-9H2,1H3,(H,15,17). The van der Waals surface area contributed by atoms with E-state index in [1.807, 2.05) is 0 Å². The van der Waals surface area contributed by atoms with E-state index in [4.69, 9.17) is 4.74 Å². The number of phenols is 1. The van der Waals surface area contributed by atoms with Crippen LogP contribution in [0.3, 0.4) is 0 Å². The van der Waals surface area contributed by atoms with Crippen molar-refractivity contribution in [3.8, 4) is 5.75 Å². The number of rotatable bonds is 4. The first kappa shape index (κ1) is 13.8. The highest BCUT2D eigenvalue weighted by Gasteiger charge is 2.39. The highest BCUT2D eigenvalue weighted by atomic mass is 16.5. The summed E-state index contributed by atoms with van der Waals surface area (Å²) in [7, 11) is 0. The van der Waals surface area contributed by atoms with Crippen molar-refractivity contribution < 1.29 is 19.7 Å². The summed E-state index contributed by atoms with van der Waals surface area (Å²) in [5.41, 5.74) is -0.420. The Bertz CT molecular complexity index is 463. The van der Waals surface area contributed by atoms with Gasteiger partial charge in [-0.15, -0.1) is 0 Å². The van der Waals surface area contributed by atoms with E-state index < -0.39 is 5.60 Å². The molecule has 5 heteroatoms. The van der Waals surface area contributed by atoms with Gasteiger partial charge in [0, 0.05) is 25.1 Å². The summed E-state index contributed by atoms with van der Waals surface area (Å²) in [6, 6.07) is 6.72. The van der Waals surface area contributed by atoms with Gasteiger partial charge in [0.05, 0.1) is 12.5 Å². The lowest BCUT2D eigenvalue weighted by Gasteiger charge is -2.26. The number of benzene rings is 1. The maximum Gasteiger partial charge on any atom is 0.224 e.